The molecule has 1 aliphatic rings. The van der Waals surface area contributed by atoms with E-state index in [4.69, 9.17) is 5.11 Å². The first kappa shape index (κ1) is 8.28. The van der Waals surface area contributed by atoms with E-state index < -0.39 is 0 Å². The lowest BCUT2D eigenvalue weighted by molar-refractivity contribution is 0.333. The van der Waals surface area contributed by atoms with Crippen LogP contribution in [0.4, 0.5) is 0 Å². The molecule has 0 heterocycles. The maximum atomic E-state index is 9.02. The highest BCUT2D eigenvalue weighted by atomic mass is 16.3. The summed E-state index contributed by atoms with van der Waals surface area (Å²) >= 11 is 0. The summed E-state index contributed by atoms with van der Waals surface area (Å²) in [7, 11) is 0. The maximum Gasteiger partial charge on any atom is 0.0687 e. The predicted molar refractivity (Wildman–Crippen MR) is 47.3 cm³/mol. The van der Waals surface area contributed by atoms with E-state index >= 15 is 0 Å². The lowest BCUT2D eigenvalue weighted by atomic mass is 10.1. The predicted octanol–water partition coefficient (Wildman–Crippen LogP) is 2.20. The molecule has 0 aliphatic heterocycles. The van der Waals surface area contributed by atoms with E-state index in [1.54, 1.807) is 0 Å². The van der Waals surface area contributed by atoms with Crippen molar-refractivity contribution in [2.45, 2.75) is 19.8 Å². The number of hydrogen-bond acceptors (Lipinski definition) is 1. The standard InChI is InChI=1S/C10H14O/c1-3-8-5-6-9(4-2)10(8)7-11/h3-4,11H,1,5-7H2,2H3/b9-4-. The monoisotopic (exact) mass is 150 g/mol. The van der Waals surface area contributed by atoms with E-state index in [0.29, 0.717) is 0 Å². The zero-order chi connectivity index (χ0) is 8.27. The average molecular weight is 150 g/mol. The summed E-state index contributed by atoms with van der Waals surface area (Å²) in [5.41, 5.74) is 3.57. The summed E-state index contributed by atoms with van der Waals surface area (Å²) in [5, 5.41) is 9.02. The van der Waals surface area contributed by atoms with Gasteiger partial charge in [-0.3, -0.25) is 0 Å². The third-order valence-corrected chi connectivity index (χ3v) is 2.19. The van der Waals surface area contributed by atoms with Gasteiger partial charge in [-0.1, -0.05) is 18.7 Å². The molecule has 0 unspecified atom stereocenters. The van der Waals surface area contributed by atoms with Crippen LogP contribution in [-0.2, 0) is 0 Å². The van der Waals surface area contributed by atoms with Crippen molar-refractivity contribution < 1.29 is 5.11 Å². The van der Waals surface area contributed by atoms with E-state index in [2.05, 4.69) is 12.7 Å². The Balaban J connectivity index is 2.96. The van der Waals surface area contributed by atoms with Crippen molar-refractivity contribution in [3.63, 3.8) is 0 Å². The maximum absolute atomic E-state index is 9.02. The smallest absolute Gasteiger partial charge is 0.0687 e. The van der Waals surface area contributed by atoms with Gasteiger partial charge in [-0.15, -0.1) is 0 Å². The highest BCUT2D eigenvalue weighted by molar-refractivity contribution is 5.45. The van der Waals surface area contributed by atoms with Crippen molar-refractivity contribution in [2.75, 3.05) is 6.61 Å². The van der Waals surface area contributed by atoms with Gasteiger partial charge in [0.2, 0.25) is 0 Å². The number of aliphatic hydroxyl groups is 1. The van der Waals surface area contributed by atoms with Crippen LogP contribution in [0, 0.1) is 0 Å². The molecule has 0 saturated carbocycles. The SMILES string of the molecule is C=CC1=C(CO)/C(=C\C)CC1. The fourth-order valence-corrected chi connectivity index (χ4v) is 1.52. The molecular weight excluding hydrogens is 136 g/mol. The Morgan fingerprint density at radius 3 is 2.73 bits per heavy atom. The molecule has 0 amide bonds. The van der Waals surface area contributed by atoms with Crippen LogP contribution >= 0.6 is 0 Å². The number of hydrogen-bond donors (Lipinski definition) is 1. The highest BCUT2D eigenvalue weighted by Gasteiger charge is 2.15. The van der Waals surface area contributed by atoms with Crippen molar-refractivity contribution in [3.8, 4) is 0 Å². The zero-order valence-electron chi connectivity index (χ0n) is 6.93. The third-order valence-electron chi connectivity index (χ3n) is 2.19. The summed E-state index contributed by atoms with van der Waals surface area (Å²) in [4.78, 5) is 0. The molecule has 0 radical (unpaired) electrons. The summed E-state index contributed by atoms with van der Waals surface area (Å²) < 4.78 is 0. The van der Waals surface area contributed by atoms with E-state index in [1.807, 2.05) is 13.0 Å². The zero-order valence-corrected chi connectivity index (χ0v) is 6.93. The molecular formula is C10H14O. The summed E-state index contributed by atoms with van der Waals surface area (Å²) in [6.45, 7) is 5.88. The second-order valence-electron chi connectivity index (χ2n) is 2.68. The molecule has 1 rings (SSSR count). The van der Waals surface area contributed by atoms with Crippen LogP contribution in [0.1, 0.15) is 19.8 Å². The van der Waals surface area contributed by atoms with Gasteiger partial charge in [0.05, 0.1) is 6.61 Å². The molecule has 1 aliphatic carbocycles. The fraction of sp³-hybridized carbons (Fsp3) is 0.400. The van der Waals surface area contributed by atoms with E-state index in [-0.39, 0.29) is 6.61 Å². The Morgan fingerprint density at radius 1 is 1.55 bits per heavy atom. The van der Waals surface area contributed by atoms with Gasteiger partial charge in [0.25, 0.3) is 0 Å². The van der Waals surface area contributed by atoms with Gasteiger partial charge in [0.15, 0.2) is 0 Å². The molecule has 0 bridgehead atoms. The number of aliphatic hydroxyl groups excluding tert-OH is 1. The Bertz CT molecular complexity index is 221. The molecule has 60 valence electrons. The van der Waals surface area contributed by atoms with Crippen molar-refractivity contribution in [3.05, 3.63) is 35.5 Å². The van der Waals surface area contributed by atoms with Crippen molar-refractivity contribution in [1.82, 2.24) is 0 Å². The minimum atomic E-state index is 0.154. The quantitative estimate of drug-likeness (QED) is 0.639. The van der Waals surface area contributed by atoms with Crippen LogP contribution in [0.25, 0.3) is 0 Å². The van der Waals surface area contributed by atoms with Crippen LogP contribution in [0.5, 0.6) is 0 Å². The van der Waals surface area contributed by atoms with Crippen LogP contribution in [-0.4, -0.2) is 11.7 Å². The van der Waals surface area contributed by atoms with Gasteiger partial charge in [-0.05, 0) is 36.5 Å². The summed E-state index contributed by atoms with van der Waals surface area (Å²) in [5.74, 6) is 0. The fourth-order valence-electron chi connectivity index (χ4n) is 1.52. The topological polar surface area (TPSA) is 20.2 Å². The molecule has 1 N–H and O–H groups in total. The molecule has 1 nitrogen and oxygen atoms in total. The Hall–Kier alpha value is -0.820. The summed E-state index contributed by atoms with van der Waals surface area (Å²) in [6, 6.07) is 0. The largest absolute Gasteiger partial charge is 0.392 e. The minimum absolute atomic E-state index is 0.154. The lowest BCUT2D eigenvalue weighted by Crippen LogP contribution is -1.90. The number of rotatable bonds is 2. The summed E-state index contributed by atoms with van der Waals surface area (Å²) in [6.07, 6.45) is 6.02. The lowest BCUT2D eigenvalue weighted by Gasteiger charge is -2.00. The van der Waals surface area contributed by atoms with Gasteiger partial charge in [-0.25, -0.2) is 0 Å². The van der Waals surface area contributed by atoms with Gasteiger partial charge < -0.3 is 5.11 Å². The second-order valence-corrected chi connectivity index (χ2v) is 2.68. The van der Waals surface area contributed by atoms with Crippen molar-refractivity contribution in [2.24, 2.45) is 0 Å². The Labute approximate surface area is 67.7 Å². The van der Waals surface area contributed by atoms with Crippen LogP contribution in [0.2, 0.25) is 0 Å². The first-order chi connectivity index (χ1) is 5.33. The highest BCUT2D eigenvalue weighted by Crippen LogP contribution is 2.31. The van der Waals surface area contributed by atoms with Crippen LogP contribution < -0.4 is 0 Å². The molecule has 0 atom stereocenters. The molecule has 0 spiro atoms. The normalized spacial score (nSPS) is 21.5. The van der Waals surface area contributed by atoms with Crippen LogP contribution in [0.3, 0.4) is 0 Å². The van der Waals surface area contributed by atoms with Crippen molar-refractivity contribution >= 4 is 0 Å². The minimum Gasteiger partial charge on any atom is -0.392 e. The van der Waals surface area contributed by atoms with E-state index in [0.717, 1.165) is 18.4 Å². The molecule has 0 fully saturated rings. The van der Waals surface area contributed by atoms with E-state index in [9.17, 15) is 0 Å². The Morgan fingerprint density at radius 2 is 2.27 bits per heavy atom. The van der Waals surface area contributed by atoms with Crippen LogP contribution in [0.15, 0.2) is 35.5 Å². The third kappa shape index (κ3) is 1.43. The van der Waals surface area contributed by atoms with Gasteiger partial charge in [0, 0.05) is 0 Å². The van der Waals surface area contributed by atoms with Gasteiger partial charge >= 0.3 is 0 Å². The first-order valence-electron chi connectivity index (χ1n) is 3.94. The molecule has 11 heavy (non-hydrogen) atoms. The second kappa shape index (κ2) is 3.54. The molecule has 0 aromatic rings. The average Bonchev–Trinajstić information content (AvgIpc) is 2.45. The first-order valence-corrected chi connectivity index (χ1v) is 3.94. The molecule has 1 heteroatoms. The number of allylic oxidation sites excluding steroid dienone is 3. The van der Waals surface area contributed by atoms with Gasteiger partial charge in [0.1, 0.15) is 0 Å². The van der Waals surface area contributed by atoms with Crippen molar-refractivity contribution in [1.29, 1.82) is 0 Å². The molecule has 0 aromatic heterocycles. The molecule has 0 aromatic carbocycles. The molecule has 0 saturated heterocycles. The van der Waals surface area contributed by atoms with E-state index in [1.165, 1.54) is 11.1 Å². The van der Waals surface area contributed by atoms with Gasteiger partial charge in [-0.2, -0.15) is 0 Å². The Kier molecular flexibility index (Phi) is 2.66.